The van der Waals surface area contributed by atoms with Gasteiger partial charge in [-0.05, 0) is 30.9 Å². The molecule has 2 heteroatoms. The van der Waals surface area contributed by atoms with Gasteiger partial charge in [0.25, 0.3) is 8.05 Å². The van der Waals surface area contributed by atoms with Crippen LogP contribution in [0.15, 0.2) is 23.3 Å². The van der Waals surface area contributed by atoms with Crippen molar-refractivity contribution >= 4 is 8.05 Å². The molecule has 0 bridgehead atoms. The summed E-state index contributed by atoms with van der Waals surface area (Å²) in [6, 6.07) is 0. The lowest BCUT2D eigenvalue weighted by Crippen LogP contribution is -2.14. The van der Waals surface area contributed by atoms with Gasteiger partial charge in [-0.1, -0.05) is 19.1 Å². The van der Waals surface area contributed by atoms with E-state index < -0.39 is 0 Å². The minimum Gasteiger partial charge on any atom is -0.443 e. The second kappa shape index (κ2) is 3.48. The van der Waals surface area contributed by atoms with Crippen molar-refractivity contribution in [3.8, 4) is 0 Å². The Morgan fingerprint density at radius 3 is 2.42 bits per heavy atom. The van der Waals surface area contributed by atoms with Crippen molar-refractivity contribution in [3.05, 3.63) is 23.3 Å². The van der Waals surface area contributed by atoms with Crippen LogP contribution in [0, 0.1) is 11.8 Å². The first-order valence-electron chi connectivity index (χ1n) is 4.45. The van der Waals surface area contributed by atoms with Gasteiger partial charge in [0.2, 0.25) is 0 Å². The Bertz CT molecular complexity index is 230. The van der Waals surface area contributed by atoms with Crippen LogP contribution in [-0.2, 0) is 4.65 Å². The van der Waals surface area contributed by atoms with E-state index in [2.05, 4.69) is 27.4 Å². The number of allylic oxidation sites excluding steroid dienone is 2. The van der Waals surface area contributed by atoms with Gasteiger partial charge in [-0.3, -0.25) is 0 Å². The van der Waals surface area contributed by atoms with Crippen molar-refractivity contribution in [1.29, 1.82) is 0 Å². The highest BCUT2D eigenvalue weighted by Crippen LogP contribution is 2.39. The van der Waals surface area contributed by atoms with E-state index in [9.17, 15) is 0 Å². The minimum absolute atomic E-state index is 0.558. The van der Waals surface area contributed by atoms with Crippen LogP contribution in [0.1, 0.15) is 20.8 Å². The normalized spacial score (nSPS) is 30.1. The van der Waals surface area contributed by atoms with E-state index in [0.29, 0.717) is 11.8 Å². The number of rotatable bonds is 2. The van der Waals surface area contributed by atoms with E-state index in [1.165, 1.54) is 16.7 Å². The van der Waals surface area contributed by atoms with E-state index in [1.54, 1.807) is 8.05 Å². The molecule has 0 aliphatic heterocycles. The van der Waals surface area contributed by atoms with Gasteiger partial charge in [0.15, 0.2) is 0 Å². The molecule has 0 aromatic heterocycles. The van der Waals surface area contributed by atoms with Gasteiger partial charge in [-0.15, -0.1) is 0 Å². The lowest BCUT2D eigenvalue weighted by atomic mass is 9.92. The largest absolute Gasteiger partial charge is 0.443 e. The van der Waals surface area contributed by atoms with Crippen molar-refractivity contribution in [3.63, 3.8) is 0 Å². The van der Waals surface area contributed by atoms with Gasteiger partial charge in [0.1, 0.15) is 0 Å². The van der Waals surface area contributed by atoms with Crippen LogP contribution in [0.3, 0.4) is 0 Å². The molecule has 66 valence electrons. The summed E-state index contributed by atoms with van der Waals surface area (Å²) in [4.78, 5) is 0. The molecule has 0 heterocycles. The molecule has 1 aliphatic carbocycles. The summed E-state index contributed by atoms with van der Waals surface area (Å²) in [6.07, 6.45) is 0. The predicted octanol–water partition coefficient (Wildman–Crippen LogP) is 1.71. The summed E-state index contributed by atoms with van der Waals surface area (Å²) in [5.74, 6) is 1.12. The van der Waals surface area contributed by atoms with Crippen LogP contribution in [0.2, 0.25) is 0 Å². The fourth-order valence-corrected chi connectivity index (χ4v) is 1.94. The first-order valence-corrected chi connectivity index (χ1v) is 4.45. The van der Waals surface area contributed by atoms with E-state index in [0.717, 1.165) is 6.61 Å². The second-order valence-corrected chi connectivity index (χ2v) is 3.68. The van der Waals surface area contributed by atoms with Crippen LogP contribution in [0.5, 0.6) is 0 Å². The minimum atomic E-state index is 0.558. The molecule has 2 atom stereocenters. The molecular formula is C10H17BO. The summed E-state index contributed by atoms with van der Waals surface area (Å²) in [6.45, 7) is 11.5. The van der Waals surface area contributed by atoms with Gasteiger partial charge in [-0.25, -0.2) is 0 Å². The van der Waals surface area contributed by atoms with Crippen LogP contribution < -0.4 is 0 Å². The number of hydrogen-bond donors (Lipinski definition) is 0. The standard InChI is InChI=1S/C10H17BO/c1-6-7(2)9(4)10(5-12-11)8(6)3/h8,10H,1,5,11H2,2-4H3. The molecule has 0 N–H and O–H groups in total. The summed E-state index contributed by atoms with van der Waals surface area (Å²) < 4.78 is 5.19. The molecule has 1 rings (SSSR count). The van der Waals surface area contributed by atoms with Gasteiger partial charge in [0, 0.05) is 12.5 Å². The molecule has 0 saturated carbocycles. The maximum absolute atomic E-state index is 5.19. The van der Waals surface area contributed by atoms with Crippen LogP contribution in [0.25, 0.3) is 0 Å². The zero-order chi connectivity index (χ0) is 9.30. The van der Waals surface area contributed by atoms with Crippen LogP contribution >= 0.6 is 0 Å². The fourth-order valence-electron chi connectivity index (χ4n) is 1.94. The molecule has 2 unspecified atom stereocenters. The van der Waals surface area contributed by atoms with Crippen molar-refractivity contribution < 1.29 is 4.65 Å². The Labute approximate surface area is 75.9 Å². The molecule has 0 aromatic carbocycles. The second-order valence-electron chi connectivity index (χ2n) is 3.68. The third-order valence-electron chi connectivity index (χ3n) is 3.13. The quantitative estimate of drug-likeness (QED) is 0.564. The highest BCUT2D eigenvalue weighted by atomic mass is 16.4. The van der Waals surface area contributed by atoms with Crippen LogP contribution in [0.4, 0.5) is 0 Å². The van der Waals surface area contributed by atoms with E-state index in [4.69, 9.17) is 4.65 Å². The van der Waals surface area contributed by atoms with Gasteiger partial charge in [-0.2, -0.15) is 0 Å². The summed E-state index contributed by atoms with van der Waals surface area (Å²) in [5.41, 5.74) is 4.12. The highest BCUT2D eigenvalue weighted by molar-refractivity contribution is 5.97. The van der Waals surface area contributed by atoms with Gasteiger partial charge in [0.05, 0.1) is 0 Å². The maximum Gasteiger partial charge on any atom is 0.257 e. The van der Waals surface area contributed by atoms with Crippen molar-refractivity contribution in [2.45, 2.75) is 20.8 Å². The lowest BCUT2D eigenvalue weighted by Gasteiger charge is -2.17. The average Bonchev–Trinajstić information content (AvgIpc) is 2.23. The summed E-state index contributed by atoms with van der Waals surface area (Å²) >= 11 is 0. The molecule has 12 heavy (non-hydrogen) atoms. The SMILES string of the molecule is BOCC1C(C)=C(C)C(=C)C1C. The maximum atomic E-state index is 5.19. The van der Waals surface area contributed by atoms with Crippen molar-refractivity contribution in [1.82, 2.24) is 0 Å². The Morgan fingerprint density at radius 1 is 1.50 bits per heavy atom. The highest BCUT2D eigenvalue weighted by Gasteiger charge is 2.29. The molecule has 0 amide bonds. The lowest BCUT2D eigenvalue weighted by molar-refractivity contribution is 0.267. The molecule has 0 spiro atoms. The molecule has 0 radical (unpaired) electrons. The monoisotopic (exact) mass is 164 g/mol. The predicted molar refractivity (Wildman–Crippen MR) is 54.7 cm³/mol. The van der Waals surface area contributed by atoms with E-state index >= 15 is 0 Å². The van der Waals surface area contributed by atoms with E-state index in [-0.39, 0.29) is 0 Å². The zero-order valence-electron chi connectivity index (χ0n) is 8.48. The Balaban J connectivity index is 2.84. The molecule has 0 fully saturated rings. The zero-order valence-corrected chi connectivity index (χ0v) is 8.48. The van der Waals surface area contributed by atoms with Gasteiger partial charge < -0.3 is 4.65 Å². The smallest absolute Gasteiger partial charge is 0.257 e. The molecule has 1 aliphatic rings. The first kappa shape index (κ1) is 9.59. The van der Waals surface area contributed by atoms with Gasteiger partial charge >= 0.3 is 0 Å². The Kier molecular flexibility index (Phi) is 2.78. The topological polar surface area (TPSA) is 9.23 Å². The molecule has 0 saturated heterocycles. The third kappa shape index (κ3) is 1.36. The fraction of sp³-hybridized carbons (Fsp3) is 0.600. The molecule has 0 aromatic rings. The molecule has 1 nitrogen and oxygen atoms in total. The average molecular weight is 164 g/mol. The molecular weight excluding hydrogens is 147 g/mol. The van der Waals surface area contributed by atoms with Crippen LogP contribution in [-0.4, -0.2) is 14.7 Å². The van der Waals surface area contributed by atoms with E-state index in [1.807, 2.05) is 0 Å². The first-order chi connectivity index (χ1) is 5.59. The van der Waals surface area contributed by atoms with Crippen molar-refractivity contribution in [2.24, 2.45) is 11.8 Å². The summed E-state index contributed by atoms with van der Waals surface area (Å²) in [7, 11) is 1.76. The van der Waals surface area contributed by atoms with Crippen molar-refractivity contribution in [2.75, 3.05) is 6.61 Å². The third-order valence-corrected chi connectivity index (χ3v) is 3.13. The Hall–Kier alpha value is -0.495. The summed E-state index contributed by atoms with van der Waals surface area (Å²) in [5, 5.41) is 0. The number of hydrogen-bond acceptors (Lipinski definition) is 1. The Morgan fingerprint density at radius 2 is 2.08 bits per heavy atom.